The lowest BCUT2D eigenvalue weighted by molar-refractivity contribution is -0.121. The zero-order valence-corrected chi connectivity index (χ0v) is 13.5. The molecule has 0 unspecified atom stereocenters. The highest BCUT2D eigenvalue weighted by molar-refractivity contribution is 7.09. The van der Waals surface area contributed by atoms with Crippen LogP contribution >= 0.6 is 11.3 Å². The van der Waals surface area contributed by atoms with Crippen molar-refractivity contribution in [3.05, 3.63) is 51.7 Å². The molecule has 0 bridgehead atoms. The van der Waals surface area contributed by atoms with Gasteiger partial charge in [0.05, 0.1) is 17.7 Å². The minimum Gasteiger partial charge on any atom is -0.459 e. The SMILES string of the molecule is Cc1ncsc1CCC(=O)NCc1oc2ccccc2c1C. The van der Waals surface area contributed by atoms with E-state index < -0.39 is 0 Å². The highest BCUT2D eigenvalue weighted by atomic mass is 32.1. The molecule has 1 aromatic carbocycles. The van der Waals surface area contributed by atoms with E-state index in [9.17, 15) is 4.79 Å². The number of amides is 1. The molecule has 1 amide bonds. The van der Waals surface area contributed by atoms with Crippen LogP contribution in [0.1, 0.15) is 28.3 Å². The lowest BCUT2D eigenvalue weighted by atomic mass is 10.1. The van der Waals surface area contributed by atoms with Gasteiger partial charge in [0.15, 0.2) is 0 Å². The van der Waals surface area contributed by atoms with E-state index >= 15 is 0 Å². The monoisotopic (exact) mass is 314 g/mol. The maximum atomic E-state index is 12.0. The Hall–Kier alpha value is -2.14. The molecule has 2 aromatic heterocycles. The first-order chi connectivity index (χ1) is 10.6. The van der Waals surface area contributed by atoms with E-state index in [-0.39, 0.29) is 5.91 Å². The second-order valence-electron chi connectivity index (χ2n) is 5.28. The number of fused-ring (bicyclic) bond motifs is 1. The summed E-state index contributed by atoms with van der Waals surface area (Å²) in [5.41, 5.74) is 4.80. The van der Waals surface area contributed by atoms with Crippen molar-refractivity contribution in [2.45, 2.75) is 33.2 Å². The second kappa shape index (κ2) is 6.32. The number of benzene rings is 1. The minimum atomic E-state index is 0.0349. The van der Waals surface area contributed by atoms with Crippen LogP contribution in [-0.2, 0) is 17.8 Å². The molecule has 4 nitrogen and oxygen atoms in total. The summed E-state index contributed by atoms with van der Waals surface area (Å²) in [6.45, 7) is 4.43. The minimum absolute atomic E-state index is 0.0349. The smallest absolute Gasteiger partial charge is 0.220 e. The van der Waals surface area contributed by atoms with Crippen molar-refractivity contribution in [2.24, 2.45) is 0 Å². The Morgan fingerprint density at radius 2 is 2.14 bits per heavy atom. The molecule has 0 saturated heterocycles. The number of aryl methyl sites for hydroxylation is 3. The molecule has 3 aromatic rings. The van der Waals surface area contributed by atoms with Crippen molar-refractivity contribution in [3.63, 3.8) is 0 Å². The Kier molecular flexibility index (Phi) is 4.24. The summed E-state index contributed by atoms with van der Waals surface area (Å²) in [7, 11) is 0. The number of rotatable bonds is 5. The third-order valence-corrected chi connectivity index (χ3v) is 4.81. The number of furan rings is 1. The number of nitrogens with one attached hydrogen (secondary N) is 1. The van der Waals surface area contributed by atoms with Gasteiger partial charge in [-0.3, -0.25) is 4.79 Å². The number of hydrogen-bond acceptors (Lipinski definition) is 4. The van der Waals surface area contributed by atoms with Gasteiger partial charge in [0.2, 0.25) is 5.91 Å². The molecule has 2 heterocycles. The van der Waals surface area contributed by atoms with Crippen molar-refractivity contribution < 1.29 is 9.21 Å². The zero-order chi connectivity index (χ0) is 15.5. The molecule has 0 fully saturated rings. The lowest BCUT2D eigenvalue weighted by Gasteiger charge is -2.03. The Morgan fingerprint density at radius 1 is 1.32 bits per heavy atom. The van der Waals surface area contributed by atoms with Crippen LogP contribution < -0.4 is 5.32 Å². The van der Waals surface area contributed by atoms with E-state index in [1.54, 1.807) is 11.3 Å². The van der Waals surface area contributed by atoms with Gasteiger partial charge in [-0.15, -0.1) is 11.3 Å². The van der Waals surface area contributed by atoms with Gasteiger partial charge in [0.25, 0.3) is 0 Å². The summed E-state index contributed by atoms with van der Waals surface area (Å²) < 4.78 is 5.80. The number of aromatic nitrogens is 1. The van der Waals surface area contributed by atoms with E-state index in [1.165, 1.54) is 4.88 Å². The van der Waals surface area contributed by atoms with E-state index in [2.05, 4.69) is 10.3 Å². The normalized spacial score (nSPS) is 11.0. The van der Waals surface area contributed by atoms with Gasteiger partial charge in [0, 0.05) is 22.2 Å². The molecule has 114 valence electrons. The molecule has 0 spiro atoms. The Morgan fingerprint density at radius 3 is 2.86 bits per heavy atom. The summed E-state index contributed by atoms with van der Waals surface area (Å²) in [6.07, 6.45) is 1.21. The second-order valence-corrected chi connectivity index (χ2v) is 6.22. The maximum Gasteiger partial charge on any atom is 0.220 e. The quantitative estimate of drug-likeness (QED) is 0.780. The number of para-hydroxylation sites is 1. The molecule has 0 radical (unpaired) electrons. The fourth-order valence-electron chi connectivity index (χ4n) is 2.45. The first kappa shape index (κ1) is 14.8. The van der Waals surface area contributed by atoms with Crippen LogP contribution in [0.4, 0.5) is 0 Å². The molecule has 0 saturated carbocycles. The Bertz CT molecular complexity index is 804. The maximum absolute atomic E-state index is 12.0. The van der Waals surface area contributed by atoms with E-state index in [0.717, 1.165) is 34.4 Å². The van der Waals surface area contributed by atoms with Crippen molar-refractivity contribution in [1.29, 1.82) is 0 Å². The van der Waals surface area contributed by atoms with Crippen molar-refractivity contribution in [2.75, 3.05) is 0 Å². The Labute approximate surface area is 133 Å². The number of nitrogens with zero attached hydrogens (tertiary/aromatic N) is 1. The number of hydrogen-bond donors (Lipinski definition) is 1. The molecule has 5 heteroatoms. The van der Waals surface area contributed by atoms with Crippen molar-refractivity contribution in [1.82, 2.24) is 10.3 Å². The van der Waals surface area contributed by atoms with Crippen LogP contribution in [-0.4, -0.2) is 10.9 Å². The van der Waals surface area contributed by atoms with Gasteiger partial charge in [-0.05, 0) is 26.3 Å². The van der Waals surface area contributed by atoms with Crippen LogP contribution in [0.15, 0.2) is 34.2 Å². The molecule has 0 atom stereocenters. The third-order valence-electron chi connectivity index (χ3n) is 3.81. The summed E-state index contributed by atoms with van der Waals surface area (Å²) in [4.78, 5) is 17.4. The molecular formula is C17H18N2O2S. The molecule has 0 aliphatic heterocycles. The van der Waals surface area contributed by atoms with E-state index in [1.807, 2.05) is 43.6 Å². The van der Waals surface area contributed by atoms with Crippen molar-refractivity contribution in [3.8, 4) is 0 Å². The summed E-state index contributed by atoms with van der Waals surface area (Å²) in [6, 6.07) is 7.92. The number of carbonyl (C=O) groups is 1. The molecule has 0 aliphatic carbocycles. The zero-order valence-electron chi connectivity index (χ0n) is 12.7. The fraction of sp³-hybridized carbons (Fsp3) is 0.294. The van der Waals surface area contributed by atoms with E-state index in [0.29, 0.717) is 13.0 Å². The standard InChI is InChI=1S/C17H18N2O2S/c1-11-13-5-3-4-6-14(13)21-15(11)9-18-17(20)8-7-16-12(2)19-10-22-16/h3-6,10H,7-9H2,1-2H3,(H,18,20). The topological polar surface area (TPSA) is 55.1 Å². The van der Waals surface area contributed by atoms with Gasteiger partial charge < -0.3 is 9.73 Å². The fourth-order valence-corrected chi connectivity index (χ4v) is 3.24. The average Bonchev–Trinajstić information content (AvgIpc) is 3.07. The first-order valence-electron chi connectivity index (χ1n) is 7.28. The largest absolute Gasteiger partial charge is 0.459 e. The van der Waals surface area contributed by atoms with Gasteiger partial charge in [-0.25, -0.2) is 4.98 Å². The van der Waals surface area contributed by atoms with Crippen molar-refractivity contribution >= 4 is 28.2 Å². The predicted molar refractivity (Wildman–Crippen MR) is 88.0 cm³/mol. The molecule has 1 N–H and O–H groups in total. The van der Waals surface area contributed by atoms with Crippen LogP contribution in [0.3, 0.4) is 0 Å². The first-order valence-corrected chi connectivity index (χ1v) is 8.16. The van der Waals surface area contributed by atoms with Crippen LogP contribution in [0.2, 0.25) is 0 Å². The number of carbonyl (C=O) groups excluding carboxylic acids is 1. The van der Waals surface area contributed by atoms with Gasteiger partial charge in [0.1, 0.15) is 11.3 Å². The lowest BCUT2D eigenvalue weighted by Crippen LogP contribution is -2.23. The molecule has 3 rings (SSSR count). The average molecular weight is 314 g/mol. The summed E-state index contributed by atoms with van der Waals surface area (Å²) in [5.74, 6) is 0.858. The summed E-state index contributed by atoms with van der Waals surface area (Å²) >= 11 is 1.60. The van der Waals surface area contributed by atoms with E-state index in [4.69, 9.17) is 4.42 Å². The Balaban J connectivity index is 1.58. The number of thiazole rings is 1. The van der Waals surface area contributed by atoms with Crippen LogP contribution in [0.5, 0.6) is 0 Å². The van der Waals surface area contributed by atoms with Crippen LogP contribution in [0.25, 0.3) is 11.0 Å². The third kappa shape index (κ3) is 3.04. The molecule has 0 aliphatic rings. The van der Waals surface area contributed by atoms with Gasteiger partial charge in [-0.1, -0.05) is 18.2 Å². The predicted octanol–water partition coefficient (Wildman–Crippen LogP) is 3.76. The molecular weight excluding hydrogens is 296 g/mol. The summed E-state index contributed by atoms with van der Waals surface area (Å²) in [5, 5.41) is 4.04. The van der Waals surface area contributed by atoms with Gasteiger partial charge >= 0.3 is 0 Å². The highest BCUT2D eigenvalue weighted by Crippen LogP contribution is 2.24. The van der Waals surface area contributed by atoms with Crippen LogP contribution in [0, 0.1) is 13.8 Å². The highest BCUT2D eigenvalue weighted by Gasteiger charge is 2.11. The van der Waals surface area contributed by atoms with Gasteiger partial charge in [-0.2, -0.15) is 0 Å². The molecule has 22 heavy (non-hydrogen) atoms.